The fraction of sp³-hybridized carbons (Fsp3) is 0.133. The quantitative estimate of drug-likeness (QED) is 0.415. The minimum atomic E-state index is 1.25. The fourth-order valence-corrected chi connectivity index (χ4v) is 14.1. The van der Waals surface area contributed by atoms with Crippen LogP contribution in [0.15, 0.2) is 55.4 Å². The molecule has 0 radical (unpaired) electrons. The van der Waals surface area contributed by atoms with Crippen molar-refractivity contribution in [2.75, 3.05) is 11.5 Å². The van der Waals surface area contributed by atoms with Crippen LogP contribution in [0, 0.1) is 0 Å². The van der Waals surface area contributed by atoms with Crippen molar-refractivity contribution in [1.82, 2.24) is 4.98 Å². The molecule has 0 bridgehead atoms. The van der Waals surface area contributed by atoms with Crippen molar-refractivity contribution in [3.63, 3.8) is 0 Å². The van der Waals surface area contributed by atoms with Gasteiger partial charge >= 0.3 is 0 Å². The molecule has 4 aliphatic heterocycles. The molecule has 0 atom stereocenters. The molecular weight excluding hydrogens is 451 g/mol. The molecule has 1 aromatic heterocycles. The molecule has 5 rings (SSSR count). The summed E-state index contributed by atoms with van der Waals surface area (Å²) in [6.45, 7) is 0. The normalized spacial score (nSPS) is 23.6. The second kappa shape index (κ2) is 7.50. The number of thioether (sulfide) groups is 8. The van der Waals surface area contributed by atoms with E-state index in [9.17, 15) is 0 Å². The largest absolute Gasteiger partial charge is 0.265 e. The van der Waals surface area contributed by atoms with Crippen LogP contribution in [-0.4, -0.2) is 16.5 Å². The van der Waals surface area contributed by atoms with Crippen LogP contribution in [-0.2, 0) is 0 Å². The summed E-state index contributed by atoms with van der Waals surface area (Å²) >= 11 is 15.7. The van der Waals surface area contributed by atoms with Crippen LogP contribution in [0.4, 0.5) is 0 Å². The average molecular weight is 460 g/mol. The minimum Gasteiger partial charge on any atom is -0.265 e. The molecule has 0 N–H and O–H groups in total. The minimum absolute atomic E-state index is 1.25. The SMILES string of the molecule is C1=C(c2ccncc2)SC2=C(S1)SC(=C1SC3=C(SCCS3)S1)S2. The van der Waals surface area contributed by atoms with E-state index in [1.165, 1.54) is 47.4 Å². The third kappa shape index (κ3) is 3.40. The van der Waals surface area contributed by atoms with E-state index in [2.05, 4.69) is 22.5 Å². The van der Waals surface area contributed by atoms with Crippen molar-refractivity contribution in [1.29, 1.82) is 0 Å². The van der Waals surface area contributed by atoms with E-state index >= 15 is 0 Å². The molecule has 0 unspecified atom stereocenters. The van der Waals surface area contributed by atoms with Gasteiger partial charge in [-0.25, -0.2) is 0 Å². The lowest BCUT2D eigenvalue weighted by molar-refractivity contribution is 1.32. The Morgan fingerprint density at radius 2 is 1.25 bits per heavy atom. The maximum atomic E-state index is 4.12. The standard InChI is InChI=1S/C15H9NS8/c1-3-16-4-2-8(1)9-7-19-12-13(20-9)24-15(23-12)14-21-10-11(22-14)18-6-5-17-10/h1-4,7H,5-6H2. The number of hydrogen-bond donors (Lipinski definition) is 0. The van der Waals surface area contributed by atoms with Crippen LogP contribution in [0.1, 0.15) is 5.56 Å². The Morgan fingerprint density at radius 3 is 1.96 bits per heavy atom. The van der Waals surface area contributed by atoms with Crippen LogP contribution in [0.25, 0.3) is 4.91 Å². The molecule has 5 heterocycles. The zero-order valence-corrected chi connectivity index (χ0v) is 18.5. The summed E-state index contributed by atoms with van der Waals surface area (Å²) in [6.07, 6.45) is 3.74. The number of hydrogen-bond acceptors (Lipinski definition) is 9. The Balaban J connectivity index is 1.32. The highest BCUT2D eigenvalue weighted by Gasteiger charge is 2.33. The maximum absolute atomic E-state index is 4.12. The van der Waals surface area contributed by atoms with E-state index in [1.54, 1.807) is 0 Å². The lowest BCUT2D eigenvalue weighted by Gasteiger charge is -2.12. The molecule has 9 heteroatoms. The molecular formula is C15H9NS8. The Hall–Kier alpha value is 0.910. The summed E-state index contributed by atoms with van der Waals surface area (Å²) in [4.78, 5) is 5.45. The second-order valence-electron chi connectivity index (χ2n) is 4.77. The third-order valence-electron chi connectivity index (χ3n) is 3.23. The van der Waals surface area contributed by atoms with Gasteiger partial charge in [-0.15, -0.1) is 23.5 Å². The molecule has 0 spiro atoms. The summed E-state index contributed by atoms with van der Waals surface area (Å²) in [7, 11) is 0. The maximum Gasteiger partial charge on any atom is 0.0718 e. The summed E-state index contributed by atoms with van der Waals surface area (Å²) in [6, 6.07) is 4.18. The van der Waals surface area contributed by atoms with Gasteiger partial charge in [-0.05, 0) is 23.1 Å². The van der Waals surface area contributed by atoms with Crippen LogP contribution < -0.4 is 0 Å². The molecule has 1 nitrogen and oxygen atoms in total. The van der Waals surface area contributed by atoms with Gasteiger partial charge in [-0.2, -0.15) is 0 Å². The van der Waals surface area contributed by atoms with Gasteiger partial charge in [0.2, 0.25) is 0 Å². The van der Waals surface area contributed by atoms with Crippen molar-refractivity contribution in [2.24, 2.45) is 0 Å². The first kappa shape index (κ1) is 17.0. The third-order valence-corrected chi connectivity index (χ3v) is 15.0. The summed E-state index contributed by atoms with van der Waals surface area (Å²) < 4.78 is 8.89. The monoisotopic (exact) mass is 459 g/mol. The molecule has 0 saturated heterocycles. The Morgan fingerprint density at radius 1 is 0.667 bits per heavy atom. The van der Waals surface area contributed by atoms with Gasteiger partial charge in [0.05, 0.1) is 25.4 Å². The zero-order valence-electron chi connectivity index (χ0n) is 12.0. The van der Waals surface area contributed by atoms with Gasteiger partial charge in [-0.1, -0.05) is 70.6 Å². The highest BCUT2D eigenvalue weighted by Crippen LogP contribution is 2.68. The molecule has 4 aliphatic rings. The highest BCUT2D eigenvalue weighted by molar-refractivity contribution is 8.46. The fourth-order valence-electron chi connectivity index (χ4n) is 2.17. The van der Waals surface area contributed by atoms with Crippen LogP contribution in [0.5, 0.6) is 0 Å². The summed E-state index contributed by atoms with van der Waals surface area (Å²) in [5.41, 5.74) is 1.26. The van der Waals surface area contributed by atoms with Crippen molar-refractivity contribution < 1.29 is 0 Å². The molecule has 0 aliphatic carbocycles. The van der Waals surface area contributed by atoms with E-state index < -0.39 is 0 Å². The first-order valence-electron chi connectivity index (χ1n) is 7.02. The van der Waals surface area contributed by atoms with Gasteiger partial charge in [0.25, 0.3) is 0 Å². The van der Waals surface area contributed by atoms with E-state index in [0.29, 0.717) is 0 Å². The predicted molar refractivity (Wildman–Crippen MR) is 124 cm³/mol. The molecule has 24 heavy (non-hydrogen) atoms. The lowest BCUT2D eigenvalue weighted by Crippen LogP contribution is -1.88. The van der Waals surface area contributed by atoms with E-state index in [0.717, 1.165) is 0 Å². The molecule has 0 aromatic carbocycles. The topological polar surface area (TPSA) is 12.9 Å². The summed E-state index contributed by atoms with van der Waals surface area (Å²) in [5.74, 6) is 2.50. The summed E-state index contributed by atoms with van der Waals surface area (Å²) in [5, 5.41) is 2.28. The lowest BCUT2D eigenvalue weighted by atomic mass is 10.3. The number of pyridine rings is 1. The smallest absolute Gasteiger partial charge is 0.0718 e. The van der Waals surface area contributed by atoms with Crippen LogP contribution in [0.3, 0.4) is 0 Å². The van der Waals surface area contributed by atoms with Crippen LogP contribution in [0.2, 0.25) is 0 Å². The van der Waals surface area contributed by atoms with Gasteiger partial charge < -0.3 is 0 Å². The van der Waals surface area contributed by atoms with Crippen molar-refractivity contribution in [3.8, 4) is 0 Å². The second-order valence-corrected chi connectivity index (χ2v) is 14.5. The van der Waals surface area contributed by atoms with Gasteiger partial charge in [0, 0.05) is 28.8 Å². The van der Waals surface area contributed by atoms with Gasteiger partial charge in [0.15, 0.2) is 0 Å². The first-order chi connectivity index (χ1) is 11.9. The van der Waals surface area contributed by atoms with E-state index in [1.807, 2.05) is 106 Å². The predicted octanol–water partition coefficient (Wildman–Crippen LogP) is 7.68. The molecule has 0 saturated carbocycles. The Labute approximate surface area is 175 Å². The number of aromatic nitrogens is 1. The van der Waals surface area contributed by atoms with Gasteiger partial charge in [0.1, 0.15) is 0 Å². The number of rotatable bonds is 1. The first-order valence-corrected chi connectivity index (χ1v) is 13.9. The van der Waals surface area contributed by atoms with Crippen molar-refractivity contribution >= 4 is 99.0 Å². The average Bonchev–Trinajstić information content (AvgIpc) is 3.25. The molecule has 0 amide bonds. The van der Waals surface area contributed by atoms with Crippen molar-refractivity contribution in [2.45, 2.75) is 0 Å². The van der Waals surface area contributed by atoms with E-state index in [-0.39, 0.29) is 0 Å². The zero-order chi connectivity index (χ0) is 15.9. The number of nitrogens with zero attached hydrogens (tertiary/aromatic N) is 1. The van der Waals surface area contributed by atoms with Gasteiger partial charge in [-0.3, -0.25) is 4.98 Å². The van der Waals surface area contributed by atoms with E-state index in [4.69, 9.17) is 0 Å². The Bertz CT molecular complexity index is 803. The molecule has 0 fully saturated rings. The van der Waals surface area contributed by atoms with Crippen LogP contribution >= 0.6 is 94.1 Å². The highest BCUT2D eigenvalue weighted by atomic mass is 32.3. The Kier molecular flexibility index (Phi) is 5.32. The van der Waals surface area contributed by atoms with Crippen molar-refractivity contribution in [3.05, 3.63) is 60.9 Å². The molecule has 122 valence electrons. The molecule has 1 aromatic rings.